The number of carbonyl (C=O) groups is 1. The number of nitrogens with one attached hydrogen (secondary N) is 1. The molecule has 0 saturated heterocycles. The molecule has 98 valence electrons. The first kappa shape index (κ1) is 14.2. The number of aromatic carboxylic acids is 1. The van der Waals surface area contributed by atoms with Crippen LogP contribution in [0.3, 0.4) is 0 Å². The molecule has 5 heteroatoms. The molecule has 0 spiro atoms. The van der Waals surface area contributed by atoms with Crippen LogP contribution >= 0.6 is 0 Å². The molecule has 0 heterocycles. The maximum Gasteiger partial charge on any atom is 0.335 e. The van der Waals surface area contributed by atoms with E-state index < -0.39 is 12.1 Å². The Morgan fingerprint density at radius 1 is 1.44 bits per heavy atom. The quantitative estimate of drug-likeness (QED) is 0.480. The van der Waals surface area contributed by atoms with Crippen LogP contribution < -0.4 is 5.32 Å². The smallest absolute Gasteiger partial charge is 0.335 e. The van der Waals surface area contributed by atoms with E-state index in [1.807, 2.05) is 0 Å². The number of benzene rings is 1. The van der Waals surface area contributed by atoms with Crippen LogP contribution in [-0.4, -0.2) is 42.0 Å². The average molecular weight is 251 g/mol. The maximum atomic E-state index is 10.6. The van der Waals surface area contributed by atoms with Gasteiger partial charge in [0.25, 0.3) is 0 Å². The molecule has 0 amide bonds. The van der Waals surface area contributed by atoms with Crippen molar-refractivity contribution in [2.24, 2.45) is 0 Å². The van der Waals surface area contributed by atoms with Gasteiger partial charge >= 0.3 is 5.97 Å². The minimum atomic E-state index is -0.959. The van der Waals surface area contributed by atoms with Crippen molar-refractivity contribution in [1.29, 1.82) is 0 Å². The summed E-state index contributed by atoms with van der Waals surface area (Å²) in [6.07, 6.45) is 0.995. The van der Waals surface area contributed by atoms with Crippen molar-refractivity contribution in [2.45, 2.75) is 6.10 Å². The number of anilines is 1. The molecule has 5 nitrogen and oxygen atoms in total. The third-order valence-corrected chi connectivity index (χ3v) is 2.22. The van der Waals surface area contributed by atoms with E-state index in [1.165, 1.54) is 12.1 Å². The van der Waals surface area contributed by atoms with E-state index in [2.05, 4.69) is 11.9 Å². The predicted molar refractivity (Wildman–Crippen MR) is 68.9 cm³/mol. The Morgan fingerprint density at radius 2 is 2.11 bits per heavy atom. The van der Waals surface area contributed by atoms with E-state index in [-0.39, 0.29) is 12.2 Å². The van der Waals surface area contributed by atoms with Crippen LogP contribution in [0.15, 0.2) is 36.9 Å². The molecule has 1 unspecified atom stereocenters. The highest BCUT2D eigenvalue weighted by Gasteiger charge is 2.05. The molecule has 0 aliphatic carbocycles. The SMILES string of the molecule is C=CCOCC(O)CNc1ccc(C(=O)O)cc1. The Hall–Kier alpha value is -1.85. The van der Waals surface area contributed by atoms with Gasteiger partial charge < -0.3 is 20.3 Å². The van der Waals surface area contributed by atoms with Gasteiger partial charge in [0.05, 0.1) is 24.9 Å². The number of hydrogen-bond acceptors (Lipinski definition) is 4. The van der Waals surface area contributed by atoms with Gasteiger partial charge in [0.15, 0.2) is 0 Å². The molecule has 0 fully saturated rings. The van der Waals surface area contributed by atoms with Crippen LogP contribution in [0, 0.1) is 0 Å². The third kappa shape index (κ3) is 4.99. The van der Waals surface area contributed by atoms with Crippen LogP contribution in [-0.2, 0) is 4.74 Å². The summed E-state index contributed by atoms with van der Waals surface area (Å²) >= 11 is 0. The normalized spacial score (nSPS) is 11.8. The van der Waals surface area contributed by atoms with Gasteiger partial charge in [-0.3, -0.25) is 0 Å². The second kappa shape index (κ2) is 7.47. The van der Waals surface area contributed by atoms with E-state index in [9.17, 15) is 9.90 Å². The third-order valence-electron chi connectivity index (χ3n) is 2.22. The molecular weight excluding hydrogens is 234 g/mol. The first-order chi connectivity index (χ1) is 8.63. The molecule has 1 rings (SSSR count). The molecule has 1 aromatic carbocycles. The molecule has 1 atom stereocenters. The van der Waals surface area contributed by atoms with Gasteiger partial charge in [-0.05, 0) is 24.3 Å². The van der Waals surface area contributed by atoms with Gasteiger partial charge in [0.2, 0.25) is 0 Å². The van der Waals surface area contributed by atoms with Crippen molar-refractivity contribution in [2.75, 3.05) is 25.1 Å². The number of aliphatic hydroxyl groups excluding tert-OH is 1. The van der Waals surface area contributed by atoms with Crippen molar-refractivity contribution in [3.8, 4) is 0 Å². The minimum absolute atomic E-state index is 0.228. The fourth-order valence-electron chi connectivity index (χ4n) is 1.31. The van der Waals surface area contributed by atoms with Crippen LogP contribution in [0.2, 0.25) is 0 Å². The minimum Gasteiger partial charge on any atom is -0.478 e. The lowest BCUT2D eigenvalue weighted by Crippen LogP contribution is -2.24. The highest BCUT2D eigenvalue weighted by atomic mass is 16.5. The zero-order valence-corrected chi connectivity index (χ0v) is 10.0. The van der Waals surface area contributed by atoms with Crippen molar-refractivity contribution in [3.05, 3.63) is 42.5 Å². The summed E-state index contributed by atoms with van der Waals surface area (Å²) in [7, 11) is 0. The first-order valence-corrected chi connectivity index (χ1v) is 5.57. The lowest BCUT2D eigenvalue weighted by Gasteiger charge is -2.12. The summed E-state index contributed by atoms with van der Waals surface area (Å²) in [5.74, 6) is -0.959. The first-order valence-electron chi connectivity index (χ1n) is 5.57. The molecule has 0 bridgehead atoms. The Morgan fingerprint density at radius 3 is 2.67 bits per heavy atom. The summed E-state index contributed by atoms with van der Waals surface area (Å²) in [5.41, 5.74) is 0.984. The zero-order valence-electron chi connectivity index (χ0n) is 10.0. The number of hydrogen-bond donors (Lipinski definition) is 3. The fraction of sp³-hybridized carbons (Fsp3) is 0.308. The van der Waals surface area contributed by atoms with Crippen LogP contribution in [0.1, 0.15) is 10.4 Å². The van der Waals surface area contributed by atoms with Crippen molar-refractivity contribution in [3.63, 3.8) is 0 Å². The molecule has 3 N–H and O–H groups in total. The predicted octanol–water partition coefficient (Wildman–Crippen LogP) is 1.36. The van der Waals surface area contributed by atoms with Gasteiger partial charge in [0, 0.05) is 12.2 Å². The van der Waals surface area contributed by atoms with Crippen LogP contribution in [0.25, 0.3) is 0 Å². The van der Waals surface area contributed by atoms with Crippen molar-refractivity contribution < 1.29 is 19.7 Å². The average Bonchev–Trinajstić information content (AvgIpc) is 2.37. The Bertz CT molecular complexity index is 388. The van der Waals surface area contributed by atoms with E-state index in [1.54, 1.807) is 18.2 Å². The summed E-state index contributed by atoms with van der Waals surface area (Å²) in [6.45, 7) is 4.48. The fourth-order valence-corrected chi connectivity index (χ4v) is 1.31. The lowest BCUT2D eigenvalue weighted by atomic mass is 10.2. The van der Waals surface area contributed by atoms with E-state index in [4.69, 9.17) is 9.84 Å². The monoisotopic (exact) mass is 251 g/mol. The number of aliphatic hydroxyl groups is 1. The van der Waals surface area contributed by atoms with Gasteiger partial charge in [0.1, 0.15) is 0 Å². The summed E-state index contributed by atoms with van der Waals surface area (Å²) < 4.78 is 5.10. The molecule has 0 saturated carbocycles. The highest BCUT2D eigenvalue weighted by Crippen LogP contribution is 2.09. The van der Waals surface area contributed by atoms with E-state index in [0.29, 0.717) is 13.2 Å². The van der Waals surface area contributed by atoms with Crippen molar-refractivity contribution >= 4 is 11.7 Å². The second-order valence-electron chi connectivity index (χ2n) is 3.74. The molecule has 0 aliphatic heterocycles. The molecule has 18 heavy (non-hydrogen) atoms. The Balaban J connectivity index is 2.34. The summed E-state index contributed by atoms with van der Waals surface area (Å²) in [4.78, 5) is 10.6. The number of ether oxygens (including phenoxy) is 1. The van der Waals surface area contributed by atoms with E-state index >= 15 is 0 Å². The molecule has 0 aliphatic rings. The van der Waals surface area contributed by atoms with E-state index in [0.717, 1.165) is 5.69 Å². The summed E-state index contributed by atoms with van der Waals surface area (Å²) in [5, 5.41) is 21.3. The lowest BCUT2D eigenvalue weighted by molar-refractivity contribution is 0.0566. The number of carboxylic acids is 1. The topological polar surface area (TPSA) is 78.8 Å². The molecule has 0 radical (unpaired) electrons. The zero-order chi connectivity index (χ0) is 13.4. The van der Waals surface area contributed by atoms with Gasteiger partial charge in [-0.25, -0.2) is 4.79 Å². The molecule has 0 aromatic heterocycles. The number of rotatable bonds is 8. The second-order valence-corrected chi connectivity index (χ2v) is 3.74. The Labute approximate surface area is 106 Å². The summed E-state index contributed by atoms with van der Waals surface area (Å²) in [6, 6.07) is 6.32. The van der Waals surface area contributed by atoms with Crippen LogP contribution in [0.5, 0.6) is 0 Å². The molecule has 1 aromatic rings. The maximum absolute atomic E-state index is 10.6. The van der Waals surface area contributed by atoms with Crippen molar-refractivity contribution in [1.82, 2.24) is 0 Å². The van der Waals surface area contributed by atoms with Crippen LogP contribution in [0.4, 0.5) is 5.69 Å². The van der Waals surface area contributed by atoms with Gasteiger partial charge in [-0.2, -0.15) is 0 Å². The number of carboxylic acid groups (broad SMARTS) is 1. The largest absolute Gasteiger partial charge is 0.478 e. The standard InChI is InChI=1S/C13H17NO4/c1-2-7-18-9-12(15)8-14-11-5-3-10(4-6-11)13(16)17/h2-6,12,14-15H,1,7-9H2,(H,16,17). The van der Waals surface area contributed by atoms with Gasteiger partial charge in [-0.15, -0.1) is 6.58 Å². The highest BCUT2D eigenvalue weighted by molar-refractivity contribution is 5.87. The Kier molecular flexibility index (Phi) is 5.90. The van der Waals surface area contributed by atoms with Gasteiger partial charge in [-0.1, -0.05) is 6.08 Å². The molecular formula is C13H17NO4.